The van der Waals surface area contributed by atoms with Crippen molar-refractivity contribution >= 4 is 43.8 Å². The quantitative estimate of drug-likeness (QED) is 0.579. The topological polar surface area (TPSA) is 102 Å². The van der Waals surface area contributed by atoms with Crippen molar-refractivity contribution in [1.82, 2.24) is 18.8 Å². The number of carbonyl (C=O) groups excluding carboxylic acids is 2. The Hall–Kier alpha value is -1.69. The van der Waals surface area contributed by atoms with Gasteiger partial charge in [0.25, 0.3) is 10.2 Å². The van der Waals surface area contributed by atoms with Crippen LogP contribution in [-0.2, 0) is 15.0 Å². The standard InChI is InChI=1S/C18H28BrN5O4S/c1-3-23(4-2)29(27,28)24-13-11-22(12-14-24)17(25)9-10-20-18(26)21-16-7-5-15(19)6-8-16/h5-8H,3-4,9-14H2,1-2H3,(H2,20,21,26). The fourth-order valence-electron chi connectivity index (χ4n) is 3.03. The van der Waals surface area contributed by atoms with Crippen molar-refractivity contribution < 1.29 is 18.0 Å². The van der Waals surface area contributed by atoms with Gasteiger partial charge < -0.3 is 15.5 Å². The third-order valence-electron chi connectivity index (χ3n) is 4.68. The lowest BCUT2D eigenvalue weighted by atomic mass is 10.3. The van der Waals surface area contributed by atoms with Crippen LogP contribution >= 0.6 is 15.9 Å². The molecule has 11 heteroatoms. The lowest BCUT2D eigenvalue weighted by Gasteiger charge is -2.36. The zero-order valence-electron chi connectivity index (χ0n) is 16.7. The van der Waals surface area contributed by atoms with E-state index >= 15 is 0 Å². The lowest BCUT2D eigenvalue weighted by Crippen LogP contribution is -2.54. The number of hydrogen-bond donors (Lipinski definition) is 2. The number of amides is 3. The maximum absolute atomic E-state index is 12.5. The molecular formula is C18H28BrN5O4S. The number of rotatable bonds is 8. The largest absolute Gasteiger partial charge is 0.340 e. The number of nitrogens with zero attached hydrogens (tertiary/aromatic N) is 3. The minimum atomic E-state index is -3.47. The van der Waals surface area contributed by atoms with E-state index in [-0.39, 0.29) is 38.0 Å². The number of urea groups is 1. The van der Waals surface area contributed by atoms with Crippen molar-refractivity contribution in [3.63, 3.8) is 0 Å². The molecule has 1 fully saturated rings. The van der Waals surface area contributed by atoms with Gasteiger partial charge in [-0.3, -0.25) is 4.79 Å². The molecule has 1 aliphatic rings. The molecule has 29 heavy (non-hydrogen) atoms. The summed E-state index contributed by atoms with van der Waals surface area (Å²) in [4.78, 5) is 25.9. The summed E-state index contributed by atoms with van der Waals surface area (Å²) in [6, 6.07) is 6.79. The second kappa shape index (κ2) is 10.9. The minimum absolute atomic E-state index is 0.103. The number of nitrogens with one attached hydrogen (secondary N) is 2. The van der Waals surface area contributed by atoms with Gasteiger partial charge in [0.05, 0.1) is 0 Å². The van der Waals surface area contributed by atoms with E-state index in [1.165, 1.54) is 8.61 Å². The Labute approximate surface area is 180 Å². The summed E-state index contributed by atoms with van der Waals surface area (Å²) < 4.78 is 28.8. The van der Waals surface area contributed by atoms with Crippen LogP contribution in [0.25, 0.3) is 0 Å². The average molecular weight is 490 g/mol. The molecule has 0 atom stereocenters. The Morgan fingerprint density at radius 2 is 1.66 bits per heavy atom. The second-order valence-electron chi connectivity index (χ2n) is 6.51. The van der Waals surface area contributed by atoms with E-state index in [1.807, 2.05) is 12.1 Å². The van der Waals surface area contributed by atoms with E-state index in [0.29, 0.717) is 31.9 Å². The average Bonchev–Trinajstić information content (AvgIpc) is 2.70. The summed E-state index contributed by atoms with van der Waals surface area (Å²) in [5, 5.41) is 5.35. The summed E-state index contributed by atoms with van der Waals surface area (Å²) in [6.07, 6.45) is 0.163. The van der Waals surface area contributed by atoms with Crippen LogP contribution in [0.5, 0.6) is 0 Å². The van der Waals surface area contributed by atoms with E-state index < -0.39 is 10.2 Å². The van der Waals surface area contributed by atoms with Crippen LogP contribution in [0.2, 0.25) is 0 Å². The third-order valence-corrected chi connectivity index (χ3v) is 7.39. The molecule has 9 nitrogen and oxygen atoms in total. The summed E-state index contributed by atoms with van der Waals surface area (Å²) in [5.74, 6) is -0.103. The Bertz CT molecular complexity index is 791. The number of benzene rings is 1. The van der Waals surface area contributed by atoms with Gasteiger partial charge in [0.15, 0.2) is 0 Å². The maximum Gasteiger partial charge on any atom is 0.319 e. The van der Waals surface area contributed by atoms with Gasteiger partial charge in [-0.2, -0.15) is 17.0 Å². The number of anilines is 1. The molecule has 0 unspecified atom stereocenters. The summed E-state index contributed by atoms with van der Waals surface area (Å²) in [7, 11) is -3.47. The number of carbonyl (C=O) groups is 2. The van der Waals surface area contributed by atoms with Crippen molar-refractivity contribution in [2.45, 2.75) is 20.3 Å². The van der Waals surface area contributed by atoms with Gasteiger partial charge in [-0.25, -0.2) is 4.79 Å². The Morgan fingerprint density at radius 1 is 1.07 bits per heavy atom. The van der Waals surface area contributed by atoms with E-state index in [4.69, 9.17) is 0 Å². The van der Waals surface area contributed by atoms with Crippen LogP contribution in [0.1, 0.15) is 20.3 Å². The Morgan fingerprint density at radius 3 is 2.21 bits per heavy atom. The Kier molecular flexibility index (Phi) is 8.87. The van der Waals surface area contributed by atoms with Crippen molar-refractivity contribution in [1.29, 1.82) is 0 Å². The first-order valence-electron chi connectivity index (χ1n) is 9.61. The van der Waals surface area contributed by atoms with Crippen LogP contribution in [0.3, 0.4) is 0 Å². The summed E-state index contributed by atoms with van der Waals surface area (Å²) in [5.41, 5.74) is 0.655. The molecule has 0 saturated carbocycles. The predicted molar refractivity (Wildman–Crippen MR) is 116 cm³/mol. The highest BCUT2D eigenvalue weighted by molar-refractivity contribution is 9.10. The maximum atomic E-state index is 12.5. The number of halogens is 1. The van der Waals surface area contributed by atoms with Gasteiger partial charge >= 0.3 is 6.03 Å². The molecule has 1 aliphatic heterocycles. The normalized spacial score (nSPS) is 15.4. The minimum Gasteiger partial charge on any atom is -0.340 e. The molecule has 0 spiro atoms. The molecule has 1 aromatic carbocycles. The molecule has 162 valence electrons. The van der Waals surface area contributed by atoms with Crippen LogP contribution in [0.4, 0.5) is 10.5 Å². The molecule has 1 saturated heterocycles. The molecule has 0 aliphatic carbocycles. The van der Waals surface area contributed by atoms with E-state index in [9.17, 15) is 18.0 Å². The zero-order valence-corrected chi connectivity index (χ0v) is 19.1. The van der Waals surface area contributed by atoms with Crippen molar-refractivity contribution in [3.8, 4) is 0 Å². The van der Waals surface area contributed by atoms with Gasteiger partial charge in [-0.1, -0.05) is 29.8 Å². The monoisotopic (exact) mass is 489 g/mol. The van der Waals surface area contributed by atoms with E-state index in [2.05, 4.69) is 26.6 Å². The lowest BCUT2D eigenvalue weighted by molar-refractivity contribution is -0.132. The van der Waals surface area contributed by atoms with Gasteiger partial charge in [-0.15, -0.1) is 0 Å². The number of piperazine rings is 1. The highest BCUT2D eigenvalue weighted by Crippen LogP contribution is 2.14. The zero-order chi connectivity index (χ0) is 21.4. The molecule has 3 amide bonds. The van der Waals surface area contributed by atoms with Crippen LogP contribution in [0, 0.1) is 0 Å². The molecule has 0 radical (unpaired) electrons. The van der Waals surface area contributed by atoms with Gasteiger partial charge in [-0.05, 0) is 24.3 Å². The fraction of sp³-hybridized carbons (Fsp3) is 0.556. The van der Waals surface area contributed by atoms with E-state index in [1.54, 1.807) is 30.9 Å². The highest BCUT2D eigenvalue weighted by atomic mass is 79.9. The molecule has 2 rings (SSSR count). The third kappa shape index (κ3) is 6.66. The first kappa shape index (κ1) is 23.6. The van der Waals surface area contributed by atoms with Crippen LogP contribution in [0.15, 0.2) is 28.7 Å². The summed E-state index contributed by atoms with van der Waals surface area (Å²) in [6.45, 7) is 5.93. The molecule has 2 N–H and O–H groups in total. The molecule has 1 heterocycles. The molecule has 0 bridgehead atoms. The Balaban J connectivity index is 1.73. The molecule has 1 aromatic rings. The van der Waals surface area contributed by atoms with Crippen molar-refractivity contribution in [2.24, 2.45) is 0 Å². The summed E-state index contributed by atoms with van der Waals surface area (Å²) >= 11 is 3.33. The van der Waals surface area contributed by atoms with Crippen molar-refractivity contribution in [3.05, 3.63) is 28.7 Å². The van der Waals surface area contributed by atoms with Gasteiger partial charge in [0.2, 0.25) is 5.91 Å². The first-order chi connectivity index (χ1) is 13.8. The van der Waals surface area contributed by atoms with Crippen molar-refractivity contribution in [2.75, 3.05) is 51.1 Å². The van der Waals surface area contributed by atoms with Gasteiger partial charge in [0.1, 0.15) is 0 Å². The molecule has 0 aromatic heterocycles. The second-order valence-corrected chi connectivity index (χ2v) is 9.35. The first-order valence-corrected chi connectivity index (χ1v) is 11.8. The predicted octanol–water partition coefficient (Wildman–Crippen LogP) is 1.69. The fourth-order valence-corrected chi connectivity index (χ4v) is 4.90. The smallest absolute Gasteiger partial charge is 0.319 e. The molecular weight excluding hydrogens is 462 g/mol. The number of hydrogen-bond acceptors (Lipinski definition) is 4. The van der Waals surface area contributed by atoms with Crippen LogP contribution in [-0.4, -0.2) is 79.7 Å². The van der Waals surface area contributed by atoms with Crippen LogP contribution < -0.4 is 10.6 Å². The van der Waals surface area contributed by atoms with E-state index in [0.717, 1.165) is 4.47 Å². The van der Waals surface area contributed by atoms with Gasteiger partial charge in [0, 0.05) is 62.4 Å². The highest BCUT2D eigenvalue weighted by Gasteiger charge is 2.31. The SMILES string of the molecule is CCN(CC)S(=O)(=O)N1CCN(C(=O)CCNC(=O)Nc2ccc(Br)cc2)CC1.